The van der Waals surface area contributed by atoms with E-state index in [1.54, 1.807) is 6.07 Å². The molecule has 172 valence electrons. The van der Waals surface area contributed by atoms with E-state index in [4.69, 9.17) is 4.42 Å². The number of oxazole rings is 1. The van der Waals surface area contributed by atoms with Crippen LogP contribution in [0.15, 0.2) is 52.9 Å². The molecule has 1 aromatic heterocycles. The molecule has 0 unspecified atom stereocenters. The molecule has 1 aliphatic rings. The predicted molar refractivity (Wildman–Crippen MR) is 124 cm³/mol. The Morgan fingerprint density at radius 3 is 2.59 bits per heavy atom. The van der Waals surface area contributed by atoms with Crippen LogP contribution in [0.5, 0.6) is 0 Å². The van der Waals surface area contributed by atoms with Crippen molar-refractivity contribution in [3.8, 4) is 0 Å². The van der Waals surface area contributed by atoms with Crippen LogP contribution in [0.3, 0.4) is 0 Å². The molecule has 0 saturated heterocycles. The standard InChI is InChI=1S/C23H29FN4O3S/c1-2-14-25-32(29,30)28(20-6-4-3-5-7-20)16-17-8-11-19(12-9-17)26-23-27-21-13-10-18(24)15-22(21)31-23/h3-7,10,13,15,17,19,25H,2,8-9,11-12,14,16H2,1H3,(H,26,27). The fourth-order valence-electron chi connectivity index (χ4n) is 4.10. The molecule has 0 bridgehead atoms. The summed E-state index contributed by atoms with van der Waals surface area (Å²) in [5.41, 5.74) is 1.71. The van der Waals surface area contributed by atoms with Crippen LogP contribution in [0.4, 0.5) is 16.1 Å². The van der Waals surface area contributed by atoms with Gasteiger partial charge in [0.1, 0.15) is 11.3 Å². The summed E-state index contributed by atoms with van der Waals surface area (Å²) < 4.78 is 49.0. The second-order valence-electron chi connectivity index (χ2n) is 8.26. The van der Waals surface area contributed by atoms with Crippen molar-refractivity contribution in [2.75, 3.05) is 22.7 Å². The second kappa shape index (κ2) is 9.87. The van der Waals surface area contributed by atoms with Crippen LogP contribution < -0.4 is 14.3 Å². The first kappa shape index (κ1) is 22.5. The van der Waals surface area contributed by atoms with Crippen molar-refractivity contribution in [2.24, 2.45) is 5.92 Å². The van der Waals surface area contributed by atoms with Crippen molar-refractivity contribution < 1.29 is 17.2 Å². The minimum Gasteiger partial charge on any atom is -0.423 e. The molecule has 7 nitrogen and oxygen atoms in total. The monoisotopic (exact) mass is 460 g/mol. The van der Waals surface area contributed by atoms with Gasteiger partial charge in [-0.1, -0.05) is 25.1 Å². The molecule has 0 radical (unpaired) electrons. The number of rotatable bonds is 9. The van der Waals surface area contributed by atoms with Crippen molar-refractivity contribution in [3.63, 3.8) is 0 Å². The minimum absolute atomic E-state index is 0.184. The van der Waals surface area contributed by atoms with Gasteiger partial charge in [-0.2, -0.15) is 18.1 Å². The summed E-state index contributed by atoms with van der Waals surface area (Å²) in [5, 5.41) is 3.31. The van der Waals surface area contributed by atoms with E-state index in [0.717, 1.165) is 32.1 Å². The molecule has 2 aromatic carbocycles. The van der Waals surface area contributed by atoms with Gasteiger partial charge in [-0.25, -0.2) is 4.39 Å². The largest absolute Gasteiger partial charge is 0.423 e. The lowest BCUT2D eigenvalue weighted by atomic mass is 9.86. The highest BCUT2D eigenvalue weighted by Gasteiger charge is 2.29. The summed E-state index contributed by atoms with van der Waals surface area (Å²) in [7, 11) is -3.61. The Balaban J connectivity index is 1.38. The van der Waals surface area contributed by atoms with Gasteiger partial charge in [0.25, 0.3) is 6.01 Å². The topological polar surface area (TPSA) is 87.5 Å². The van der Waals surface area contributed by atoms with Gasteiger partial charge in [0.15, 0.2) is 5.58 Å². The second-order valence-corrected chi connectivity index (χ2v) is 9.94. The lowest BCUT2D eigenvalue weighted by molar-refractivity contribution is 0.341. The Morgan fingerprint density at radius 1 is 1.12 bits per heavy atom. The highest BCUT2D eigenvalue weighted by molar-refractivity contribution is 7.90. The highest BCUT2D eigenvalue weighted by atomic mass is 32.2. The molecule has 2 N–H and O–H groups in total. The third-order valence-electron chi connectivity index (χ3n) is 5.82. The maximum Gasteiger partial charge on any atom is 0.301 e. The van der Waals surface area contributed by atoms with Crippen molar-refractivity contribution >= 4 is 33.0 Å². The zero-order chi connectivity index (χ0) is 22.6. The molecular formula is C23H29FN4O3S. The summed E-state index contributed by atoms with van der Waals surface area (Å²) in [5.74, 6) is -0.101. The smallest absolute Gasteiger partial charge is 0.301 e. The number of anilines is 2. The van der Waals surface area contributed by atoms with Gasteiger partial charge in [-0.05, 0) is 62.3 Å². The van der Waals surface area contributed by atoms with Gasteiger partial charge < -0.3 is 9.73 Å². The van der Waals surface area contributed by atoms with Crippen LogP contribution >= 0.6 is 0 Å². The third kappa shape index (κ3) is 5.39. The molecule has 1 fully saturated rings. The summed E-state index contributed by atoms with van der Waals surface area (Å²) >= 11 is 0. The number of nitrogens with one attached hydrogen (secondary N) is 2. The van der Waals surface area contributed by atoms with Crippen molar-refractivity contribution in [1.29, 1.82) is 0 Å². The molecule has 3 aromatic rings. The van der Waals surface area contributed by atoms with Gasteiger partial charge in [0.05, 0.1) is 5.69 Å². The highest BCUT2D eigenvalue weighted by Crippen LogP contribution is 2.30. The first-order chi connectivity index (χ1) is 15.4. The van der Waals surface area contributed by atoms with Crippen LogP contribution in [0, 0.1) is 11.7 Å². The third-order valence-corrected chi connectivity index (χ3v) is 7.33. The Hall–Kier alpha value is -2.65. The molecule has 0 atom stereocenters. The van der Waals surface area contributed by atoms with Crippen LogP contribution in [-0.2, 0) is 10.2 Å². The van der Waals surface area contributed by atoms with E-state index < -0.39 is 10.2 Å². The fraction of sp³-hybridized carbons (Fsp3) is 0.435. The number of hydrogen-bond acceptors (Lipinski definition) is 5. The fourth-order valence-corrected chi connectivity index (χ4v) is 5.53. The lowest BCUT2D eigenvalue weighted by Crippen LogP contribution is -2.44. The number of benzene rings is 2. The molecule has 4 rings (SSSR count). The average molecular weight is 461 g/mol. The molecule has 1 heterocycles. The number of para-hydroxylation sites is 1. The predicted octanol–water partition coefficient (Wildman–Crippen LogP) is 4.69. The van der Waals surface area contributed by atoms with E-state index in [1.807, 2.05) is 37.3 Å². The Labute approximate surface area is 188 Å². The molecule has 1 saturated carbocycles. The van der Waals surface area contributed by atoms with E-state index in [2.05, 4.69) is 15.0 Å². The summed E-state index contributed by atoms with van der Waals surface area (Å²) in [6.45, 7) is 2.80. The quantitative estimate of drug-likeness (QED) is 0.484. The van der Waals surface area contributed by atoms with E-state index in [0.29, 0.717) is 35.9 Å². The first-order valence-corrected chi connectivity index (χ1v) is 12.5. The summed E-state index contributed by atoms with van der Waals surface area (Å²) in [6.07, 6.45) is 4.27. The molecule has 1 aliphatic carbocycles. The van der Waals surface area contributed by atoms with E-state index in [9.17, 15) is 12.8 Å². The van der Waals surface area contributed by atoms with Crippen LogP contribution in [0.2, 0.25) is 0 Å². The zero-order valence-electron chi connectivity index (χ0n) is 18.1. The Kier molecular flexibility index (Phi) is 6.95. The number of nitrogens with zero attached hydrogens (tertiary/aromatic N) is 2. The zero-order valence-corrected chi connectivity index (χ0v) is 18.9. The van der Waals surface area contributed by atoms with Crippen LogP contribution in [0.1, 0.15) is 39.0 Å². The van der Waals surface area contributed by atoms with Gasteiger partial charge in [0.2, 0.25) is 0 Å². The molecule has 9 heteroatoms. The maximum absolute atomic E-state index is 13.4. The van der Waals surface area contributed by atoms with E-state index in [-0.39, 0.29) is 17.8 Å². The number of aromatic nitrogens is 1. The van der Waals surface area contributed by atoms with Crippen LogP contribution in [0.25, 0.3) is 11.1 Å². The first-order valence-electron chi connectivity index (χ1n) is 11.1. The Bertz CT molecular complexity index is 1130. The molecular weight excluding hydrogens is 431 g/mol. The van der Waals surface area contributed by atoms with Crippen molar-refractivity contribution in [1.82, 2.24) is 9.71 Å². The van der Waals surface area contributed by atoms with Crippen molar-refractivity contribution in [3.05, 3.63) is 54.3 Å². The number of fused-ring (bicyclic) bond motifs is 1. The average Bonchev–Trinajstić information content (AvgIpc) is 3.19. The number of hydrogen-bond donors (Lipinski definition) is 2. The summed E-state index contributed by atoms with van der Waals surface area (Å²) in [6, 6.07) is 14.1. The van der Waals surface area contributed by atoms with Crippen molar-refractivity contribution in [2.45, 2.75) is 45.1 Å². The normalized spacial score (nSPS) is 19.2. The molecule has 0 amide bonds. The van der Waals surface area contributed by atoms with Gasteiger partial charge in [-0.15, -0.1) is 0 Å². The number of halogens is 1. The molecule has 0 spiro atoms. The Morgan fingerprint density at radius 2 is 1.88 bits per heavy atom. The maximum atomic E-state index is 13.4. The van der Waals surface area contributed by atoms with Gasteiger partial charge >= 0.3 is 10.2 Å². The van der Waals surface area contributed by atoms with Gasteiger partial charge in [0, 0.05) is 25.2 Å². The SMILES string of the molecule is CCCNS(=O)(=O)N(CC1CCC(Nc2nc3ccc(F)cc3o2)CC1)c1ccccc1. The molecule has 0 aliphatic heterocycles. The van der Waals surface area contributed by atoms with Crippen LogP contribution in [-0.4, -0.2) is 32.5 Å². The summed E-state index contributed by atoms with van der Waals surface area (Å²) in [4.78, 5) is 4.38. The minimum atomic E-state index is -3.61. The van der Waals surface area contributed by atoms with E-state index in [1.165, 1.54) is 16.4 Å². The van der Waals surface area contributed by atoms with E-state index >= 15 is 0 Å². The van der Waals surface area contributed by atoms with Gasteiger partial charge in [-0.3, -0.25) is 4.31 Å². The molecule has 32 heavy (non-hydrogen) atoms. The lowest BCUT2D eigenvalue weighted by Gasteiger charge is -2.33.